The first-order valence-corrected chi connectivity index (χ1v) is 6.96. The van der Waals surface area contributed by atoms with E-state index in [0.29, 0.717) is 22.6 Å². The summed E-state index contributed by atoms with van der Waals surface area (Å²) in [5.41, 5.74) is 1.35. The van der Waals surface area contributed by atoms with Crippen LogP contribution in [0.15, 0.2) is 36.7 Å². The van der Waals surface area contributed by atoms with Crippen molar-refractivity contribution in [2.75, 3.05) is 0 Å². The molecule has 0 unspecified atom stereocenters. The summed E-state index contributed by atoms with van der Waals surface area (Å²) in [5.74, 6) is 1.59. The van der Waals surface area contributed by atoms with Gasteiger partial charge in [-0.05, 0) is 23.1 Å². The Morgan fingerprint density at radius 3 is 2.52 bits per heavy atom. The van der Waals surface area contributed by atoms with E-state index in [1.54, 1.807) is 6.07 Å². The Morgan fingerprint density at radius 2 is 1.86 bits per heavy atom. The summed E-state index contributed by atoms with van der Waals surface area (Å²) < 4.78 is 7.34. The third-order valence-electron chi connectivity index (χ3n) is 3.13. The van der Waals surface area contributed by atoms with Crippen molar-refractivity contribution >= 4 is 17.4 Å². The van der Waals surface area contributed by atoms with E-state index in [4.69, 9.17) is 16.3 Å². The molecular formula is C15H15ClN4O. The van der Waals surface area contributed by atoms with Crippen molar-refractivity contribution in [3.8, 4) is 11.6 Å². The first-order chi connectivity index (χ1) is 9.93. The number of rotatable bonds is 2. The molecule has 0 bridgehead atoms. The normalized spacial score (nSPS) is 11.8. The highest BCUT2D eigenvalue weighted by atomic mass is 35.5. The summed E-state index contributed by atoms with van der Waals surface area (Å²) in [5, 5.41) is 4.39. The lowest BCUT2D eigenvalue weighted by molar-refractivity contribution is 0.445. The number of fused-ring (bicyclic) bond motifs is 1. The second kappa shape index (κ2) is 5.00. The van der Waals surface area contributed by atoms with Crippen LogP contribution in [0.3, 0.4) is 0 Å². The maximum absolute atomic E-state index is 5.96. The van der Waals surface area contributed by atoms with E-state index in [9.17, 15) is 0 Å². The zero-order valence-electron chi connectivity index (χ0n) is 12.0. The van der Waals surface area contributed by atoms with Crippen LogP contribution in [0.4, 0.5) is 0 Å². The van der Waals surface area contributed by atoms with Gasteiger partial charge in [-0.2, -0.15) is 19.6 Å². The smallest absolute Gasteiger partial charge is 0.256 e. The molecule has 0 aliphatic rings. The van der Waals surface area contributed by atoms with Crippen molar-refractivity contribution in [2.45, 2.75) is 26.2 Å². The molecule has 0 saturated heterocycles. The monoisotopic (exact) mass is 302 g/mol. The minimum atomic E-state index is 0.109. The van der Waals surface area contributed by atoms with Crippen LogP contribution in [0.2, 0.25) is 5.15 Å². The zero-order valence-corrected chi connectivity index (χ0v) is 12.8. The van der Waals surface area contributed by atoms with E-state index in [1.807, 2.05) is 12.1 Å². The minimum absolute atomic E-state index is 0.109. The molecule has 21 heavy (non-hydrogen) atoms. The van der Waals surface area contributed by atoms with Crippen LogP contribution < -0.4 is 4.74 Å². The van der Waals surface area contributed by atoms with Gasteiger partial charge in [-0.1, -0.05) is 44.5 Å². The predicted molar refractivity (Wildman–Crippen MR) is 81.0 cm³/mol. The molecule has 0 N–H and O–H groups in total. The van der Waals surface area contributed by atoms with Crippen molar-refractivity contribution in [1.82, 2.24) is 19.6 Å². The highest BCUT2D eigenvalue weighted by molar-refractivity contribution is 6.29. The molecule has 0 aliphatic heterocycles. The van der Waals surface area contributed by atoms with Crippen molar-refractivity contribution in [3.05, 3.63) is 47.4 Å². The lowest BCUT2D eigenvalue weighted by Gasteiger charge is -2.19. The Kier molecular flexibility index (Phi) is 3.29. The molecular weight excluding hydrogens is 288 g/mol. The van der Waals surface area contributed by atoms with Crippen LogP contribution in [0.5, 0.6) is 11.6 Å². The van der Waals surface area contributed by atoms with Crippen LogP contribution in [0, 0.1) is 0 Å². The number of nitrogens with zero attached hydrogens (tertiary/aromatic N) is 4. The molecule has 0 saturated carbocycles. The first kappa shape index (κ1) is 13.8. The fraction of sp³-hybridized carbons (Fsp3) is 0.267. The van der Waals surface area contributed by atoms with Gasteiger partial charge < -0.3 is 4.74 Å². The average molecular weight is 303 g/mol. The van der Waals surface area contributed by atoms with E-state index >= 15 is 0 Å². The van der Waals surface area contributed by atoms with Crippen LogP contribution in [0.1, 0.15) is 26.3 Å². The van der Waals surface area contributed by atoms with Gasteiger partial charge >= 0.3 is 0 Å². The van der Waals surface area contributed by atoms with E-state index < -0.39 is 0 Å². The summed E-state index contributed by atoms with van der Waals surface area (Å²) in [7, 11) is 0. The summed E-state index contributed by atoms with van der Waals surface area (Å²) in [6.45, 7) is 6.51. The molecule has 2 heterocycles. The molecule has 108 valence electrons. The van der Waals surface area contributed by atoms with Crippen molar-refractivity contribution in [3.63, 3.8) is 0 Å². The third-order valence-corrected chi connectivity index (χ3v) is 3.32. The molecule has 5 nitrogen and oxygen atoms in total. The molecule has 6 heteroatoms. The number of benzene rings is 1. The minimum Gasteiger partial charge on any atom is -0.439 e. The van der Waals surface area contributed by atoms with Crippen LogP contribution in [-0.2, 0) is 5.41 Å². The Bertz CT molecular complexity index is 774. The summed E-state index contributed by atoms with van der Waals surface area (Å²) in [6.07, 6.45) is 1.41. The Balaban J connectivity index is 1.93. The van der Waals surface area contributed by atoms with Gasteiger partial charge in [0.1, 0.15) is 17.2 Å². The van der Waals surface area contributed by atoms with Gasteiger partial charge in [-0.15, -0.1) is 0 Å². The third kappa shape index (κ3) is 2.83. The van der Waals surface area contributed by atoms with Gasteiger partial charge in [0.05, 0.1) is 0 Å². The Labute approximate surface area is 127 Å². The second-order valence-electron chi connectivity index (χ2n) is 5.77. The molecule has 1 aromatic carbocycles. The van der Waals surface area contributed by atoms with E-state index in [0.717, 1.165) is 0 Å². The summed E-state index contributed by atoms with van der Waals surface area (Å²) >= 11 is 5.96. The fourth-order valence-electron chi connectivity index (χ4n) is 1.97. The molecule has 0 amide bonds. The summed E-state index contributed by atoms with van der Waals surface area (Å²) in [4.78, 5) is 8.06. The number of hydrogen-bond acceptors (Lipinski definition) is 4. The van der Waals surface area contributed by atoms with Crippen LogP contribution in [0.25, 0.3) is 5.78 Å². The summed E-state index contributed by atoms with van der Waals surface area (Å²) in [6, 6.07) is 9.57. The number of ether oxygens (including phenoxy) is 1. The van der Waals surface area contributed by atoms with E-state index in [2.05, 4.69) is 48.0 Å². The van der Waals surface area contributed by atoms with Gasteiger partial charge in [-0.3, -0.25) is 0 Å². The van der Waals surface area contributed by atoms with Gasteiger partial charge in [0, 0.05) is 6.07 Å². The lowest BCUT2D eigenvalue weighted by atomic mass is 9.87. The molecule has 3 aromatic rings. The first-order valence-electron chi connectivity index (χ1n) is 6.58. The topological polar surface area (TPSA) is 52.3 Å². The maximum atomic E-state index is 5.96. The van der Waals surface area contributed by atoms with Crippen LogP contribution >= 0.6 is 11.6 Å². The van der Waals surface area contributed by atoms with Gasteiger partial charge in [0.25, 0.3) is 5.78 Å². The van der Waals surface area contributed by atoms with E-state index in [-0.39, 0.29) is 5.41 Å². The van der Waals surface area contributed by atoms with Crippen molar-refractivity contribution < 1.29 is 4.74 Å². The Morgan fingerprint density at radius 1 is 1.14 bits per heavy atom. The number of aromatic nitrogens is 4. The highest BCUT2D eigenvalue weighted by Gasteiger charge is 2.14. The quantitative estimate of drug-likeness (QED) is 0.674. The SMILES string of the molecule is CC(C)(C)c1ccc(Oc2cc(Cl)nc3ncnn23)cc1. The number of hydrogen-bond donors (Lipinski definition) is 0. The fourth-order valence-corrected chi connectivity index (χ4v) is 2.14. The Hall–Kier alpha value is -2.14. The van der Waals surface area contributed by atoms with Gasteiger partial charge in [-0.25, -0.2) is 0 Å². The lowest BCUT2D eigenvalue weighted by Crippen LogP contribution is -2.10. The van der Waals surface area contributed by atoms with E-state index in [1.165, 1.54) is 16.4 Å². The molecule has 0 aliphatic carbocycles. The standard InChI is InChI=1S/C15H15ClN4O/c1-15(2,3)10-4-6-11(7-5-10)21-13-8-12(16)19-14-17-9-18-20(13)14/h4-9H,1-3H3. The molecule has 0 fully saturated rings. The largest absolute Gasteiger partial charge is 0.439 e. The van der Waals surface area contributed by atoms with Crippen LogP contribution in [-0.4, -0.2) is 19.6 Å². The molecule has 0 spiro atoms. The van der Waals surface area contributed by atoms with Gasteiger partial charge in [0.2, 0.25) is 5.88 Å². The molecule has 2 aromatic heterocycles. The maximum Gasteiger partial charge on any atom is 0.256 e. The zero-order chi connectivity index (χ0) is 15.0. The number of halogens is 1. The molecule has 0 atom stereocenters. The molecule has 3 rings (SSSR count). The predicted octanol–water partition coefficient (Wildman–Crippen LogP) is 3.87. The highest BCUT2D eigenvalue weighted by Crippen LogP contribution is 2.27. The second-order valence-corrected chi connectivity index (χ2v) is 6.15. The van der Waals surface area contributed by atoms with Crippen molar-refractivity contribution in [2.24, 2.45) is 0 Å². The van der Waals surface area contributed by atoms with Gasteiger partial charge in [0.15, 0.2) is 0 Å². The average Bonchev–Trinajstić information content (AvgIpc) is 2.86. The molecule has 0 radical (unpaired) electrons. The van der Waals surface area contributed by atoms with Crippen molar-refractivity contribution in [1.29, 1.82) is 0 Å².